The van der Waals surface area contributed by atoms with Crippen molar-refractivity contribution < 1.29 is 9.63 Å². The van der Waals surface area contributed by atoms with E-state index in [9.17, 15) is 4.79 Å². The highest BCUT2D eigenvalue weighted by Crippen LogP contribution is 2.24. The van der Waals surface area contributed by atoms with E-state index >= 15 is 0 Å². The fourth-order valence-corrected chi connectivity index (χ4v) is 3.37. The first-order valence-electron chi connectivity index (χ1n) is 7.14. The zero-order valence-corrected chi connectivity index (χ0v) is 13.5. The average molecular weight is 390 g/mol. The van der Waals surface area contributed by atoms with Crippen LogP contribution in [0, 0.1) is 3.57 Å². The van der Waals surface area contributed by atoms with Gasteiger partial charge in [-0.1, -0.05) is 17.7 Å². The molecule has 2 fully saturated rings. The van der Waals surface area contributed by atoms with Gasteiger partial charge in [0.25, 0.3) is 0 Å². The molecule has 0 N–H and O–H groups in total. The molecule has 0 bridgehead atoms. The lowest BCUT2D eigenvalue weighted by Crippen LogP contribution is -2.52. The van der Waals surface area contributed by atoms with E-state index in [1.165, 1.54) is 30.5 Å². The highest BCUT2D eigenvalue weighted by atomic mass is 127. The Kier molecular flexibility index (Phi) is 4.45. The molecule has 1 aromatic rings. The Morgan fingerprint density at radius 1 is 1.25 bits per heavy atom. The smallest absolute Gasteiger partial charge is 0.304 e. The maximum atomic E-state index is 12.0. The minimum atomic E-state index is -0.310. The van der Waals surface area contributed by atoms with E-state index in [1.807, 2.05) is 0 Å². The van der Waals surface area contributed by atoms with Gasteiger partial charge in [-0.25, -0.2) is 4.79 Å². The summed E-state index contributed by atoms with van der Waals surface area (Å²) in [6.07, 6.45) is 8.37. The SMILES string of the molecule is O=C(On1cc(I)cn1)N1CCN(C2CCCC2)CC1. The Morgan fingerprint density at radius 2 is 1.95 bits per heavy atom. The number of amides is 1. The van der Waals surface area contributed by atoms with Gasteiger partial charge in [0.2, 0.25) is 0 Å². The van der Waals surface area contributed by atoms with E-state index < -0.39 is 0 Å². The normalized spacial score (nSPS) is 21.4. The van der Waals surface area contributed by atoms with Gasteiger partial charge in [-0.3, -0.25) is 9.74 Å². The van der Waals surface area contributed by atoms with Crippen LogP contribution in [0.3, 0.4) is 0 Å². The third-order valence-electron chi connectivity index (χ3n) is 4.11. The van der Waals surface area contributed by atoms with Crippen LogP contribution in [-0.2, 0) is 0 Å². The number of carbonyl (C=O) groups excluding carboxylic acids is 1. The van der Waals surface area contributed by atoms with Crippen molar-refractivity contribution in [2.24, 2.45) is 0 Å². The van der Waals surface area contributed by atoms with E-state index in [0.29, 0.717) is 0 Å². The first kappa shape index (κ1) is 14.1. The summed E-state index contributed by atoms with van der Waals surface area (Å²) < 4.78 is 0.946. The highest BCUT2D eigenvalue weighted by Gasteiger charge is 2.28. The monoisotopic (exact) mass is 390 g/mol. The molecule has 3 rings (SSSR count). The third kappa shape index (κ3) is 3.25. The van der Waals surface area contributed by atoms with Crippen molar-refractivity contribution in [1.29, 1.82) is 0 Å². The second-order valence-corrected chi connectivity index (χ2v) is 6.63. The van der Waals surface area contributed by atoms with Gasteiger partial charge < -0.3 is 4.90 Å². The van der Waals surface area contributed by atoms with Gasteiger partial charge in [0.15, 0.2) is 0 Å². The summed E-state index contributed by atoms with van der Waals surface area (Å²) in [6.45, 7) is 3.40. The van der Waals surface area contributed by atoms with Crippen molar-refractivity contribution in [3.63, 3.8) is 0 Å². The second-order valence-electron chi connectivity index (χ2n) is 5.38. The van der Waals surface area contributed by atoms with Crippen LogP contribution in [0.5, 0.6) is 0 Å². The molecule has 110 valence electrons. The number of piperazine rings is 1. The molecule has 0 atom stereocenters. The summed E-state index contributed by atoms with van der Waals surface area (Å²) in [7, 11) is 0. The molecule has 1 aliphatic heterocycles. The van der Waals surface area contributed by atoms with Gasteiger partial charge in [-0.2, -0.15) is 0 Å². The zero-order valence-electron chi connectivity index (χ0n) is 11.4. The fourth-order valence-electron chi connectivity index (χ4n) is 3.01. The lowest BCUT2D eigenvalue weighted by atomic mass is 10.2. The van der Waals surface area contributed by atoms with E-state index in [2.05, 4.69) is 32.6 Å². The number of hydrogen-bond donors (Lipinski definition) is 0. The number of halogens is 1. The van der Waals surface area contributed by atoms with Crippen LogP contribution < -0.4 is 4.84 Å². The third-order valence-corrected chi connectivity index (χ3v) is 4.67. The molecule has 1 saturated carbocycles. The molecule has 2 aliphatic rings. The van der Waals surface area contributed by atoms with E-state index in [-0.39, 0.29) is 6.09 Å². The van der Waals surface area contributed by atoms with Crippen molar-refractivity contribution in [3.8, 4) is 0 Å². The second kappa shape index (κ2) is 6.30. The first-order valence-corrected chi connectivity index (χ1v) is 8.22. The Balaban J connectivity index is 1.48. The maximum absolute atomic E-state index is 12.0. The Hall–Kier alpha value is -0.830. The lowest BCUT2D eigenvalue weighted by molar-refractivity contribution is 0.0504. The van der Waals surface area contributed by atoms with Gasteiger partial charge in [0, 0.05) is 32.2 Å². The van der Waals surface area contributed by atoms with Crippen molar-refractivity contribution in [1.82, 2.24) is 19.7 Å². The number of carbonyl (C=O) groups is 1. The van der Waals surface area contributed by atoms with Crippen molar-refractivity contribution in [2.45, 2.75) is 31.7 Å². The number of rotatable bonds is 2. The maximum Gasteiger partial charge on any atom is 0.436 e. The van der Waals surface area contributed by atoms with Crippen LogP contribution >= 0.6 is 22.6 Å². The average Bonchev–Trinajstić information content (AvgIpc) is 3.11. The summed E-state index contributed by atoms with van der Waals surface area (Å²) >= 11 is 2.13. The molecular weight excluding hydrogens is 371 g/mol. The minimum absolute atomic E-state index is 0.310. The molecule has 2 heterocycles. The standard InChI is InChI=1S/C13H19IN4O2/c14-11-9-15-18(10-11)20-13(19)17-7-5-16(6-8-17)12-3-1-2-4-12/h9-10,12H,1-8H2. The van der Waals surface area contributed by atoms with Crippen molar-refractivity contribution in [2.75, 3.05) is 26.2 Å². The number of hydrogen-bond acceptors (Lipinski definition) is 4. The predicted octanol–water partition coefficient (Wildman–Crippen LogP) is 1.60. The number of nitrogens with zero attached hydrogens (tertiary/aromatic N) is 4. The molecular formula is C13H19IN4O2. The lowest BCUT2D eigenvalue weighted by Gasteiger charge is -2.37. The summed E-state index contributed by atoms with van der Waals surface area (Å²) in [6, 6.07) is 0.737. The van der Waals surface area contributed by atoms with Crippen LogP contribution in [0.1, 0.15) is 25.7 Å². The Morgan fingerprint density at radius 3 is 2.55 bits per heavy atom. The van der Waals surface area contributed by atoms with E-state index in [0.717, 1.165) is 35.8 Å². The summed E-state index contributed by atoms with van der Waals surface area (Å²) in [4.78, 5) is 22.7. The largest absolute Gasteiger partial charge is 0.436 e. The van der Waals surface area contributed by atoms with Gasteiger partial charge in [0.1, 0.15) is 0 Å². The number of aromatic nitrogens is 2. The van der Waals surface area contributed by atoms with Crippen LogP contribution in [-0.4, -0.2) is 58.1 Å². The van der Waals surface area contributed by atoms with Gasteiger partial charge in [0.05, 0.1) is 16.0 Å². The van der Waals surface area contributed by atoms with Crippen LogP contribution in [0.15, 0.2) is 12.4 Å². The van der Waals surface area contributed by atoms with Crippen LogP contribution in [0.25, 0.3) is 0 Å². The van der Waals surface area contributed by atoms with Gasteiger partial charge in [-0.15, -0.1) is 5.10 Å². The molecule has 0 radical (unpaired) electrons. The molecule has 1 saturated heterocycles. The minimum Gasteiger partial charge on any atom is -0.304 e. The Bertz CT molecular complexity index is 465. The molecule has 7 heteroatoms. The van der Waals surface area contributed by atoms with Crippen molar-refractivity contribution in [3.05, 3.63) is 16.0 Å². The molecule has 20 heavy (non-hydrogen) atoms. The van der Waals surface area contributed by atoms with Gasteiger partial charge >= 0.3 is 6.09 Å². The van der Waals surface area contributed by atoms with Crippen molar-refractivity contribution >= 4 is 28.7 Å². The molecule has 1 amide bonds. The van der Waals surface area contributed by atoms with E-state index in [4.69, 9.17) is 4.84 Å². The van der Waals surface area contributed by atoms with Crippen LogP contribution in [0.4, 0.5) is 4.79 Å². The fraction of sp³-hybridized carbons (Fsp3) is 0.692. The summed E-state index contributed by atoms with van der Waals surface area (Å²) in [5, 5.41) is 3.96. The summed E-state index contributed by atoms with van der Waals surface area (Å²) in [5.41, 5.74) is 0. The molecule has 0 spiro atoms. The molecule has 0 aromatic carbocycles. The van der Waals surface area contributed by atoms with Gasteiger partial charge in [-0.05, 0) is 35.4 Å². The highest BCUT2D eigenvalue weighted by molar-refractivity contribution is 14.1. The quantitative estimate of drug-likeness (QED) is 0.720. The molecule has 0 unspecified atom stereocenters. The molecule has 1 aromatic heterocycles. The zero-order chi connectivity index (χ0) is 13.9. The van der Waals surface area contributed by atoms with Crippen LogP contribution in [0.2, 0.25) is 0 Å². The summed E-state index contributed by atoms with van der Waals surface area (Å²) in [5.74, 6) is 0. The topological polar surface area (TPSA) is 50.6 Å². The first-order chi connectivity index (χ1) is 9.72. The molecule has 1 aliphatic carbocycles. The molecule has 6 nitrogen and oxygen atoms in total. The Labute approximate surface area is 132 Å². The predicted molar refractivity (Wildman–Crippen MR) is 82.3 cm³/mol. The van der Waals surface area contributed by atoms with E-state index in [1.54, 1.807) is 17.3 Å².